The highest BCUT2D eigenvalue weighted by atomic mass is 32.1. The summed E-state index contributed by atoms with van der Waals surface area (Å²) in [6, 6.07) is 12.1. The summed E-state index contributed by atoms with van der Waals surface area (Å²) in [6.45, 7) is 5.62. The lowest BCUT2D eigenvalue weighted by Crippen LogP contribution is -2.48. The van der Waals surface area contributed by atoms with E-state index < -0.39 is 0 Å². The number of hydrogen-bond donors (Lipinski definition) is 0. The number of carbonyl (C=O) groups is 1. The van der Waals surface area contributed by atoms with Gasteiger partial charge in [-0.2, -0.15) is 0 Å². The van der Waals surface area contributed by atoms with Crippen LogP contribution in [0, 0.1) is 12.7 Å². The molecule has 1 saturated heterocycles. The van der Waals surface area contributed by atoms with E-state index in [1.54, 1.807) is 12.1 Å². The van der Waals surface area contributed by atoms with Crippen LogP contribution >= 0.6 is 11.3 Å². The molecule has 2 aromatic heterocycles. The number of benzene rings is 1. The maximum Gasteiger partial charge on any atom is 0.264 e. The van der Waals surface area contributed by atoms with Crippen LogP contribution in [0.2, 0.25) is 0 Å². The van der Waals surface area contributed by atoms with E-state index in [1.807, 2.05) is 30.0 Å². The molecule has 1 fully saturated rings. The number of aryl methyl sites for hydroxylation is 1. The Bertz CT molecular complexity index is 927. The van der Waals surface area contributed by atoms with E-state index in [2.05, 4.69) is 10.1 Å². The summed E-state index contributed by atoms with van der Waals surface area (Å²) in [5.41, 5.74) is 1.81. The molecule has 27 heavy (non-hydrogen) atoms. The Hall–Kier alpha value is -2.51. The van der Waals surface area contributed by atoms with Crippen LogP contribution in [0.4, 0.5) is 4.39 Å². The topological polar surface area (TPSA) is 49.6 Å². The van der Waals surface area contributed by atoms with Crippen LogP contribution in [0.1, 0.15) is 21.1 Å². The van der Waals surface area contributed by atoms with Gasteiger partial charge in [-0.05, 0) is 36.8 Å². The molecule has 7 heteroatoms. The van der Waals surface area contributed by atoms with E-state index in [-0.39, 0.29) is 11.7 Å². The average Bonchev–Trinajstić information content (AvgIpc) is 3.32. The molecule has 5 nitrogen and oxygen atoms in total. The number of halogens is 1. The van der Waals surface area contributed by atoms with E-state index in [9.17, 15) is 9.18 Å². The Morgan fingerprint density at radius 3 is 2.56 bits per heavy atom. The third kappa shape index (κ3) is 4.09. The number of rotatable bonds is 4. The van der Waals surface area contributed by atoms with Crippen molar-refractivity contribution in [3.8, 4) is 10.4 Å². The molecular formula is C20H20FN3O2S. The van der Waals surface area contributed by atoms with Gasteiger partial charge in [0.15, 0.2) is 5.76 Å². The van der Waals surface area contributed by atoms with E-state index in [4.69, 9.17) is 4.52 Å². The van der Waals surface area contributed by atoms with Gasteiger partial charge in [0.2, 0.25) is 0 Å². The fraction of sp³-hybridized carbons (Fsp3) is 0.300. The first-order valence-electron chi connectivity index (χ1n) is 8.88. The number of aromatic nitrogens is 1. The third-order valence-corrected chi connectivity index (χ3v) is 5.78. The number of carbonyl (C=O) groups excluding carboxylic acids is 1. The quantitative estimate of drug-likeness (QED) is 0.685. The Balaban J connectivity index is 1.36. The minimum atomic E-state index is -0.259. The molecule has 0 bridgehead atoms. The van der Waals surface area contributed by atoms with Gasteiger partial charge in [0.1, 0.15) is 5.82 Å². The normalized spacial score (nSPS) is 15.3. The zero-order valence-corrected chi connectivity index (χ0v) is 15.8. The van der Waals surface area contributed by atoms with Crippen molar-refractivity contribution in [2.24, 2.45) is 0 Å². The van der Waals surface area contributed by atoms with Crippen LogP contribution in [-0.2, 0) is 6.54 Å². The molecule has 0 aliphatic carbocycles. The van der Waals surface area contributed by atoms with Crippen molar-refractivity contribution < 1.29 is 13.7 Å². The van der Waals surface area contributed by atoms with Crippen molar-refractivity contribution in [1.29, 1.82) is 0 Å². The Morgan fingerprint density at radius 2 is 1.89 bits per heavy atom. The second kappa shape index (κ2) is 7.62. The van der Waals surface area contributed by atoms with Crippen molar-refractivity contribution >= 4 is 17.2 Å². The van der Waals surface area contributed by atoms with Gasteiger partial charge in [-0.1, -0.05) is 17.3 Å². The summed E-state index contributed by atoms with van der Waals surface area (Å²) in [6.07, 6.45) is 0. The lowest BCUT2D eigenvalue weighted by molar-refractivity contribution is 0.0622. The summed E-state index contributed by atoms with van der Waals surface area (Å²) in [4.78, 5) is 18.6. The molecule has 0 saturated carbocycles. The monoisotopic (exact) mass is 385 g/mol. The van der Waals surface area contributed by atoms with Gasteiger partial charge in [0, 0.05) is 37.1 Å². The molecule has 0 atom stereocenters. The molecule has 1 aliphatic rings. The second-order valence-electron chi connectivity index (χ2n) is 6.67. The molecule has 0 radical (unpaired) electrons. The fourth-order valence-electron chi connectivity index (χ4n) is 3.20. The minimum Gasteiger partial charge on any atom is -0.360 e. The maximum atomic E-state index is 13.1. The highest BCUT2D eigenvalue weighted by molar-refractivity contribution is 7.17. The fourth-order valence-corrected chi connectivity index (χ4v) is 4.18. The molecule has 0 unspecified atom stereocenters. The van der Waals surface area contributed by atoms with Gasteiger partial charge >= 0.3 is 0 Å². The molecule has 3 heterocycles. The average molecular weight is 385 g/mol. The van der Waals surface area contributed by atoms with Gasteiger partial charge in [0.05, 0.1) is 17.1 Å². The summed E-state index contributed by atoms with van der Waals surface area (Å²) >= 11 is 1.45. The van der Waals surface area contributed by atoms with Crippen molar-refractivity contribution in [2.75, 3.05) is 26.2 Å². The van der Waals surface area contributed by atoms with Crippen LogP contribution in [0.25, 0.3) is 10.4 Å². The van der Waals surface area contributed by atoms with Crippen LogP contribution in [0.5, 0.6) is 0 Å². The zero-order valence-electron chi connectivity index (χ0n) is 15.0. The summed E-state index contributed by atoms with van der Waals surface area (Å²) in [7, 11) is 0. The van der Waals surface area contributed by atoms with E-state index in [0.717, 1.165) is 41.5 Å². The Labute approximate surface area is 161 Å². The van der Waals surface area contributed by atoms with Crippen LogP contribution in [0.3, 0.4) is 0 Å². The largest absolute Gasteiger partial charge is 0.360 e. The van der Waals surface area contributed by atoms with Crippen LogP contribution in [-0.4, -0.2) is 47.0 Å². The predicted octanol–water partition coefficient (Wildman–Crippen LogP) is 3.81. The molecule has 0 N–H and O–H groups in total. The first-order valence-corrected chi connectivity index (χ1v) is 9.70. The Morgan fingerprint density at radius 1 is 1.15 bits per heavy atom. The van der Waals surface area contributed by atoms with E-state index in [0.29, 0.717) is 18.0 Å². The van der Waals surface area contributed by atoms with E-state index in [1.165, 1.54) is 23.5 Å². The number of thiophene rings is 1. The maximum absolute atomic E-state index is 13.1. The van der Waals surface area contributed by atoms with Crippen molar-refractivity contribution in [2.45, 2.75) is 13.5 Å². The van der Waals surface area contributed by atoms with Gasteiger partial charge in [0.25, 0.3) is 5.91 Å². The molecule has 3 aromatic rings. The molecule has 1 aliphatic heterocycles. The predicted molar refractivity (Wildman–Crippen MR) is 102 cm³/mol. The van der Waals surface area contributed by atoms with E-state index >= 15 is 0 Å². The molecule has 4 rings (SSSR count). The van der Waals surface area contributed by atoms with Crippen LogP contribution < -0.4 is 0 Å². The van der Waals surface area contributed by atoms with Crippen LogP contribution in [0.15, 0.2) is 47.0 Å². The smallest absolute Gasteiger partial charge is 0.264 e. The number of amides is 1. The standard InChI is InChI=1S/C20H20FN3O2S/c1-14-12-17(26-22-14)13-23-8-10-24(11-9-23)20(25)19-7-6-18(27-19)15-2-4-16(21)5-3-15/h2-7,12H,8-11,13H2,1H3. The molecule has 0 spiro atoms. The molecule has 1 aromatic carbocycles. The first-order chi connectivity index (χ1) is 13.1. The van der Waals surface area contributed by atoms with Crippen molar-refractivity contribution in [3.05, 3.63) is 64.6 Å². The highest BCUT2D eigenvalue weighted by Gasteiger charge is 2.24. The van der Waals surface area contributed by atoms with Gasteiger partial charge in [-0.15, -0.1) is 11.3 Å². The molecular weight excluding hydrogens is 365 g/mol. The number of nitrogens with zero attached hydrogens (tertiary/aromatic N) is 3. The molecule has 1 amide bonds. The first kappa shape index (κ1) is 17.9. The summed E-state index contributed by atoms with van der Waals surface area (Å²) < 4.78 is 18.3. The zero-order chi connectivity index (χ0) is 18.8. The molecule has 140 valence electrons. The highest BCUT2D eigenvalue weighted by Crippen LogP contribution is 2.29. The summed E-state index contributed by atoms with van der Waals surface area (Å²) in [5.74, 6) is 0.656. The summed E-state index contributed by atoms with van der Waals surface area (Å²) in [5, 5.41) is 3.91. The lowest BCUT2D eigenvalue weighted by Gasteiger charge is -2.33. The SMILES string of the molecule is Cc1cc(CN2CCN(C(=O)c3ccc(-c4ccc(F)cc4)s3)CC2)on1. The van der Waals surface area contributed by atoms with Gasteiger partial charge in [-0.25, -0.2) is 4.39 Å². The lowest BCUT2D eigenvalue weighted by atomic mass is 10.2. The number of piperazine rings is 1. The van der Waals surface area contributed by atoms with Gasteiger partial charge in [-0.3, -0.25) is 9.69 Å². The van der Waals surface area contributed by atoms with Crippen molar-refractivity contribution in [1.82, 2.24) is 15.0 Å². The second-order valence-corrected chi connectivity index (χ2v) is 7.76. The Kier molecular flexibility index (Phi) is 5.05. The van der Waals surface area contributed by atoms with Crippen molar-refractivity contribution in [3.63, 3.8) is 0 Å². The third-order valence-electron chi connectivity index (χ3n) is 4.66. The minimum absolute atomic E-state index is 0.0588. The number of hydrogen-bond acceptors (Lipinski definition) is 5. The van der Waals surface area contributed by atoms with Gasteiger partial charge < -0.3 is 9.42 Å².